The van der Waals surface area contributed by atoms with E-state index in [1.807, 2.05) is 31.2 Å². The molecule has 1 atom stereocenters. The number of sulfonamides is 1. The number of morpholine rings is 1. The molecule has 158 valence electrons. The number of ether oxygens (including phenoxy) is 1. The molecule has 0 spiro atoms. The molecule has 1 fully saturated rings. The van der Waals surface area contributed by atoms with E-state index < -0.39 is 19.9 Å². The van der Waals surface area contributed by atoms with Crippen LogP contribution in [0.2, 0.25) is 0 Å². The van der Waals surface area contributed by atoms with Crippen LogP contribution in [-0.4, -0.2) is 60.8 Å². The molecule has 0 aliphatic carbocycles. The second-order valence-electron chi connectivity index (χ2n) is 7.15. The first-order valence-corrected chi connectivity index (χ1v) is 12.7. The summed E-state index contributed by atoms with van der Waals surface area (Å²) >= 11 is 0. The van der Waals surface area contributed by atoms with Crippen LogP contribution in [0.1, 0.15) is 17.2 Å². The summed E-state index contributed by atoms with van der Waals surface area (Å²) in [4.78, 5) is 1.75. The fraction of sp³-hybridized carbons (Fsp3) is 0.400. The van der Waals surface area contributed by atoms with Gasteiger partial charge in [-0.15, -0.1) is 0 Å². The molecule has 1 aliphatic rings. The highest BCUT2D eigenvalue weighted by atomic mass is 32.2. The van der Waals surface area contributed by atoms with Crippen LogP contribution in [0.25, 0.3) is 0 Å². The summed E-state index contributed by atoms with van der Waals surface area (Å²) < 4.78 is 58.1. The Morgan fingerprint density at radius 2 is 1.66 bits per heavy atom. The van der Waals surface area contributed by atoms with Crippen LogP contribution in [-0.2, 0) is 24.6 Å². The van der Waals surface area contributed by atoms with Crippen molar-refractivity contribution in [3.05, 3.63) is 59.7 Å². The first kappa shape index (κ1) is 21.9. The van der Waals surface area contributed by atoms with Gasteiger partial charge in [0.1, 0.15) is 4.90 Å². The lowest BCUT2D eigenvalue weighted by molar-refractivity contribution is 0.0172. The predicted molar refractivity (Wildman–Crippen MR) is 111 cm³/mol. The molecule has 1 unspecified atom stereocenters. The summed E-state index contributed by atoms with van der Waals surface area (Å²) in [6.45, 7) is 4.69. The minimum absolute atomic E-state index is 0.129. The monoisotopic (exact) mass is 438 g/mol. The second kappa shape index (κ2) is 8.93. The van der Waals surface area contributed by atoms with Gasteiger partial charge in [-0.25, -0.2) is 21.6 Å². The Balaban J connectivity index is 1.89. The van der Waals surface area contributed by atoms with Crippen LogP contribution < -0.4 is 4.72 Å². The number of benzene rings is 2. The Morgan fingerprint density at radius 1 is 1.00 bits per heavy atom. The average molecular weight is 439 g/mol. The number of hydrogen-bond acceptors (Lipinski definition) is 6. The number of nitrogens with zero attached hydrogens (tertiary/aromatic N) is 1. The van der Waals surface area contributed by atoms with Crippen LogP contribution in [0.5, 0.6) is 0 Å². The predicted octanol–water partition coefficient (Wildman–Crippen LogP) is 1.75. The van der Waals surface area contributed by atoms with Crippen LogP contribution in [0.15, 0.2) is 58.3 Å². The van der Waals surface area contributed by atoms with Gasteiger partial charge in [-0.3, -0.25) is 4.90 Å². The SMILES string of the molecule is Cc1cccc(C(CNS(=O)(=O)c2ccccc2S(C)(=O)=O)N2CCOCC2)c1. The smallest absolute Gasteiger partial charge is 0.241 e. The van der Waals surface area contributed by atoms with Crippen molar-refractivity contribution in [3.8, 4) is 0 Å². The number of sulfone groups is 1. The highest BCUT2D eigenvalue weighted by Crippen LogP contribution is 2.24. The van der Waals surface area contributed by atoms with E-state index in [4.69, 9.17) is 4.74 Å². The fourth-order valence-electron chi connectivity index (χ4n) is 3.47. The van der Waals surface area contributed by atoms with E-state index in [-0.39, 0.29) is 22.4 Å². The Bertz CT molecular complexity index is 1060. The lowest BCUT2D eigenvalue weighted by Gasteiger charge is -2.35. The zero-order valence-corrected chi connectivity index (χ0v) is 18.2. The molecule has 0 saturated carbocycles. The normalized spacial score (nSPS) is 17.2. The van der Waals surface area contributed by atoms with Gasteiger partial charge in [0, 0.05) is 31.9 Å². The Labute approximate surface area is 172 Å². The summed E-state index contributed by atoms with van der Waals surface area (Å²) in [5.74, 6) is 0. The van der Waals surface area contributed by atoms with Crippen LogP contribution in [0.4, 0.5) is 0 Å². The van der Waals surface area contributed by atoms with Gasteiger partial charge in [0.25, 0.3) is 0 Å². The van der Waals surface area contributed by atoms with E-state index in [1.165, 1.54) is 24.3 Å². The minimum Gasteiger partial charge on any atom is -0.379 e. The van der Waals surface area contributed by atoms with Crippen LogP contribution in [0.3, 0.4) is 0 Å². The lowest BCUT2D eigenvalue weighted by atomic mass is 10.0. The number of hydrogen-bond donors (Lipinski definition) is 1. The Kier molecular flexibility index (Phi) is 6.75. The molecule has 0 bridgehead atoms. The quantitative estimate of drug-likeness (QED) is 0.708. The topological polar surface area (TPSA) is 92.8 Å². The van der Waals surface area contributed by atoms with Gasteiger partial charge in [0.2, 0.25) is 10.0 Å². The molecule has 0 radical (unpaired) electrons. The van der Waals surface area contributed by atoms with E-state index in [1.54, 1.807) is 0 Å². The molecular weight excluding hydrogens is 412 g/mol. The molecular formula is C20H26N2O5S2. The summed E-state index contributed by atoms with van der Waals surface area (Å²) in [6.07, 6.45) is 1.00. The summed E-state index contributed by atoms with van der Waals surface area (Å²) in [6, 6.07) is 13.4. The molecule has 3 rings (SSSR count). The molecule has 1 aliphatic heterocycles. The van der Waals surface area contributed by atoms with Crippen molar-refractivity contribution in [1.29, 1.82) is 0 Å². The second-order valence-corrected chi connectivity index (χ2v) is 10.9. The third-order valence-corrected chi connectivity index (χ3v) is 7.68. The Hall–Kier alpha value is -1.78. The van der Waals surface area contributed by atoms with E-state index in [9.17, 15) is 16.8 Å². The van der Waals surface area contributed by atoms with Crippen molar-refractivity contribution in [2.75, 3.05) is 39.1 Å². The Morgan fingerprint density at radius 3 is 2.28 bits per heavy atom. The molecule has 0 amide bonds. The summed E-state index contributed by atoms with van der Waals surface area (Å²) in [5, 5.41) is 0. The third kappa shape index (κ3) is 5.43. The summed E-state index contributed by atoms with van der Waals surface area (Å²) in [7, 11) is -7.69. The standard InChI is InChI=1S/C20H26N2O5S2/c1-16-6-5-7-17(14-16)18(22-10-12-27-13-11-22)15-21-29(25,26)20-9-4-3-8-19(20)28(2,23)24/h3-9,14,18,21H,10-13,15H2,1-2H3. The van der Waals surface area contributed by atoms with Gasteiger partial charge in [0.15, 0.2) is 9.84 Å². The highest BCUT2D eigenvalue weighted by molar-refractivity contribution is 7.93. The highest BCUT2D eigenvalue weighted by Gasteiger charge is 2.27. The first-order valence-electron chi connectivity index (χ1n) is 9.35. The molecule has 29 heavy (non-hydrogen) atoms. The minimum atomic E-state index is -4.01. The zero-order valence-electron chi connectivity index (χ0n) is 16.5. The maximum absolute atomic E-state index is 13.0. The third-order valence-electron chi connectivity index (χ3n) is 4.92. The zero-order chi connectivity index (χ0) is 21.1. The number of aryl methyl sites for hydroxylation is 1. The molecule has 2 aromatic rings. The molecule has 9 heteroatoms. The van der Waals surface area contributed by atoms with Crippen molar-refractivity contribution >= 4 is 19.9 Å². The first-order chi connectivity index (χ1) is 13.7. The van der Waals surface area contributed by atoms with Gasteiger partial charge in [0.05, 0.1) is 18.1 Å². The van der Waals surface area contributed by atoms with Crippen molar-refractivity contribution in [3.63, 3.8) is 0 Å². The van der Waals surface area contributed by atoms with Gasteiger partial charge >= 0.3 is 0 Å². The van der Waals surface area contributed by atoms with Crippen LogP contribution in [0, 0.1) is 6.92 Å². The van der Waals surface area contributed by atoms with Crippen molar-refractivity contribution in [1.82, 2.24) is 9.62 Å². The van der Waals surface area contributed by atoms with Crippen molar-refractivity contribution < 1.29 is 21.6 Å². The van der Waals surface area contributed by atoms with Gasteiger partial charge in [-0.2, -0.15) is 0 Å². The average Bonchev–Trinajstić information content (AvgIpc) is 2.68. The van der Waals surface area contributed by atoms with Crippen LogP contribution >= 0.6 is 0 Å². The van der Waals surface area contributed by atoms with Gasteiger partial charge in [-0.05, 0) is 24.6 Å². The maximum Gasteiger partial charge on any atom is 0.241 e. The molecule has 7 nitrogen and oxygen atoms in total. The summed E-state index contributed by atoms with van der Waals surface area (Å²) in [5.41, 5.74) is 2.09. The van der Waals surface area contributed by atoms with E-state index in [2.05, 4.69) is 9.62 Å². The number of nitrogens with one attached hydrogen (secondary N) is 1. The van der Waals surface area contributed by atoms with Gasteiger partial charge in [-0.1, -0.05) is 42.0 Å². The van der Waals surface area contributed by atoms with Crippen molar-refractivity contribution in [2.45, 2.75) is 22.8 Å². The van der Waals surface area contributed by atoms with E-state index in [0.29, 0.717) is 26.3 Å². The fourth-order valence-corrected chi connectivity index (χ4v) is 6.14. The van der Waals surface area contributed by atoms with E-state index >= 15 is 0 Å². The van der Waals surface area contributed by atoms with Crippen molar-refractivity contribution in [2.24, 2.45) is 0 Å². The molecule has 1 heterocycles. The molecule has 2 aromatic carbocycles. The number of rotatable bonds is 7. The largest absolute Gasteiger partial charge is 0.379 e. The molecule has 1 N–H and O–H groups in total. The molecule has 0 aromatic heterocycles. The van der Waals surface area contributed by atoms with E-state index in [0.717, 1.165) is 17.4 Å². The van der Waals surface area contributed by atoms with Gasteiger partial charge < -0.3 is 4.74 Å². The molecule has 1 saturated heterocycles. The maximum atomic E-state index is 13.0. The lowest BCUT2D eigenvalue weighted by Crippen LogP contribution is -2.43.